The molecular formula is C17H30O8. The van der Waals surface area contributed by atoms with Crippen LogP contribution >= 0.6 is 0 Å². The van der Waals surface area contributed by atoms with Crippen molar-refractivity contribution in [1.29, 1.82) is 0 Å². The third-order valence-corrected chi connectivity index (χ3v) is 5.81. The van der Waals surface area contributed by atoms with Gasteiger partial charge in [0.1, 0.15) is 6.10 Å². The van der Waals surface area contributed by atoms with E-state index in [-0.39, 0.29) is 12.8 Å². The van der Waals surface area contributed by atoms with Crippen LogP contribution in [0.15, 0.2) is 0 Å². The lowest BCUT2D eigenvalue weighted by molar-refractivity contribution is -0.331. The molecule has 0 aromatic carbocycles. The van der Waals surface area contributed by atoms with Gasteiger partial charge in [0.15, 0.2) is 5.60 Å². The van der Waals surface area contributed by atoms with Crippen molar-refractivity contribution in [1.82, 2.24) is 0 Å². The summed E-state index contributed by atoms with van der Waals surface area (Å²) in [6, 6.07) is 0. The van der Waals surface area contributed by atoms with Gasteiger partial charge in [-0.1, -0.05) is 0 Å². The summed E-state index contributed by atoms with van der Waals surface area (Å²) in [7, 11) is 1.17. The van der Waals surface area contributed by atoms with Crippen LogP contribution in [0.2, 0.25) is 0 Å². The quantitative estimate of drug-likeness (QED) is 0.487. The highest BCUT2D eigenvalue weighted by Crippen LogP contribution is 2.47. The van der Waals surface area contributed by atoms with Gasteiger partial charge in [-0.05, 0) is 34.1 Å². The highest BCUT2D eigenvalue weighted by molar-refractivity contribution is 5.79. The van der Waals surface area contributed by atoms with Crippen LogP contribution in [0.3, 0.4) is 0 Å². The molecule has 0 bridgehead atoms. The van der Waals surface area contributed by atoms with Gasteiger partial charge < -0.3 is 34.6 Å². The zero-order valence-electron chi connectivity index (χ0n) is 15.4. The molecule has 146 valence electrons. The molecule has 0 amide bonds. The maximum atomic E-state index is 12.1. The number of aliphatic hydroxyl groups is 4. The van der Waals surface area contributed by atoms with Crippen molar-refractivity contribution in [3.05, 3.63) is 0 Å². The Balaban J connectivity index is 2.39. The number of fused-ring (bicyclic) bond motifs is 1. The molecule has 1 saturated carbocycles. The summed E-state index contributed by atoms with van der Waals surface area (Å²) < 4.78 is 17.0. The Labute approximate surface area is 147 Å². The first-order valence-electron chi connectivity index (χ1n) is 8.52. The smallest absolute Gasteiger partial charge is 0.337 e. The standard InChI is InChI=1S/C17H30O8/c1-15(2)16(3,4)25-13-9(12(20)10(19)8-18)6-17(22,14(21)23-5)7-11(13)24-15/h9-13,18-20,22H,6-8H2,1-5H3. The molecule has 1 saturated heterocycles. The van der Waals surface area contributed by atoms with E-state index in [2.05, 4.69) is 0 Å². The summed E-state index contributed by atoms with van der Waals surface area (Å²) in [4.78, 5) is 12.1. The number of hydrogen-bond donors (Lipinski definition) is 4. The lowest BCUT2D eigenvalue weighted by Gasteiger charge is -2.57. The Morgan fingerprint density at radius 3 is 2.24 bits per heavy atom. The largest absolute Gasteiger partial charge is 0.467 e. The second kappa shape index (κ2) is 6.75. The average molecular weight is 362 g/mol. The van der Waals surface area contributed by atoms with Crippen LogP contribution in [-0.4, -0.2) is 81.3 Å². The highest BCUT2D eigenvalue weighted by Gasteiger charge is 2.60. The predicted octanol–water partition coefficient (Wildman–Crippen LogP) is -0.644. The molecule has 1 aliphatic carbocycles. The molecule has 0 aromatic rings. The Bertz CT molecular complexity index is 505. The van der Waals surface area contributed by atoms with Crippen LogP contribution in [-0.2, 0) is 19.0 Å². The van der Waals surface area contributed by atoms with E-state index in [0.29, 0.717) is 0 Å². The molecule has 25 heavy (non-hydrogen) atoms. The zero-order valence-corrected chi connectivity index (χ0v) is 15.4. The number of ether oxygens (including phenoxy) is 3. The molecule has 8 nitrogen and oxygen atoms in total. The van der Waals surface area contributed by atoms with E-state index in [0.717, 1.165) is 0 Å². The number of carbonyl (C=O) groups is 1. The maximum absolute atomic E-state index is 12.1. The molecule has 1 aliphatic heterocycles. The number of aliphatic hydroxyl groups excluding tert-OH is 3. The van der Waals surface area contributed by atoms with Crippen molar-refractivity contribution < 1.29 is 39.4 Å². The first-order chi connectivity index (χ1) is 11.4. The Hall–Kier alpha value is -0.770. The van der Waals surface area contributed by atoms with E-state index in [1.54, 1.807) is 0 Å². The fourth-order valence-corrected chi connectivity index (χ4v) is 3.65. The fraction of sp³-hybridized carbons (Fsp3) is 0.941. The van der Waals surface area contributed by atoms with Crippen LogP contribution < -0.4 is 0 Å². The van der Waals surface area contributed by atoms with Gasteiger partial charge in [0.05, 0.1) is 43.2 Å². The van der Waals surface area contributed by atoms with Crippen LogP contribution in [0.25, 0.3) is 0 Å². The van der Waals surface area contributed by atoms with Gasteiger partial charge in [-0.25, -0.2) is 4.79 Å². The zero-order chi connectivity index (χ0) is 19.2. The van der Waals surface area contributed by atoms with Crippen LogP contribution in [0.4, 0.5) is 0 Å². The molecule has 6 unspecified atom stereocenters. The van der Waals surface area contributed by atoms with Crippen LogP contribution in [0, 0.1) is 5.92 Å². The van der Waals surface area contributed by atoms with E-state index < -0.39 is 59.7 Å². The summed E-state index contributed by atoms with van der Waals surface area (Å²) in [5.74, 6) is -1.65. The summed E-state index contributed by atoms with van der Waals surface area (Å²) in [5, 5.41) is 40.3. The number of carbonyl (C=O) groups excluding carboxylic acids is 1. The van der Waals surface area contributed by atoms with Crippen molar-refractivity contribution in [2.24, 2.45) is 5.92 Å². The number of esters is 1. The van der Waals surface area contributed by atoms with E-state index in [4.69, 9.17) is 19.3 Å². The van der Waals surface area contributed by atoms with Crippen LogP contribution in [0.5, 0.6) is 0 Å². The number of hydrogen-bond acceptors (Lipinski definition) is 8. The van der Waals surface area contributed by atoms with E-state index >= 15 is 0 Å². The molecule has 0 radical (unpaired) electrons. The average Bonchev–Trinajstić information content (AvgIpc) is 2.53. The van der Waals surface area contributed by atoms with E-state index in [1.165, 1.54) is 7.11 Å². The van der Waals surface area contributed by atoms with Gasteiger partial charge in [-0.2, -0.15) is 0 Å². The third-order valence-electron chi connectivity index (χ3n) is 5.81. The fourth-order valence-electron chi connectivity index (χ4n) is 3.65. The van der Waals surface area contributed by atoms with Crippen molar-refractivity contribution in [2.45, 2.75) is 81.8 Å². The van der Waals surface area contributed by atoms with Crippen molar-refractivity contribution in [2.75, 3.05) is 13.7 Å². The molecule has 2 fully saturated rings. The SMILES string of the molecule is COC(=O)C1(O)CC2OC(C)(C)C(C)(C)OC2C(C(O)C(O)CO)C1. The van der Waals surface area contributed by atoms with Crippen LogP contribution in [0.1, 0.15) is 40.5 Å². The highest BCUT2D eigenvalue weighted by atomic mass is 16.6. The number of methoxy groups -OCH3 is 1. The summed E-state index contributed by atoms with van der Waals surface area (Å²) in [5.41, 5.74) is -3.26. The minimum Gasteiger partial charge on any atom is -0.467 e. The van der Waals surface area contributed by atoms with Crippen molar-refractivity contribution in [3.8, 4) is 0 Å². The number of rotatable bonds is 4. The van der Waals surface area contributed by atoms with Gasteiger partial charge in [0.2, 0.25) is 0 Å². The van der Waals surface area contributed by atoms with Crippen molar-refractivity contribution >= 4 is 5.97 Å². The molecule has 6 atom stereocenters. The second-order valence-electron chi connectivity index (χ2n) is 8.10. The van der Waals surface area contributed by atoms with Gasteiger partial charge in [-0.15, -0.1) is 0 Å². The Morgan fingerprint density at radius 2 is 1.72 bits per heavy atom. The Morgan fingerprint density at radius 1 is 1.16 bits per heavy atom. The molecule has 0 aromatic heterocycles. The maximum Gasteiger partial charge on any atom is 0.337 e. The van der Waals surface area contributed by atoms with Gasteiger partial charge >= 0.3 is 5.97 Å². The van der Waals surface area contributed by atoms with Gasteiger partial charge in [-0.3, -0.25) is 0 Å². The first kappa shape index (κ1) is 20.5. The minimum atomic E-state index is -1.86. The molecular weight excluding hydrogens is 332 g/mol. The van der Waals surface area contributed by atoms with Gasteiger partial charge in [0.25, 0.3) is 0 Å². The molecule has 4 N–H and O–H groups in total. The normalized spacial score (nSPS) is 39.2. The summed E-state index contributed by atoms with van der Waals surface area (Å²) in [6.07, 6.45) is -4.35. The molecule has 8 heteroatoms. The summed E-state index contributed by atoms with van der Waals surface area (Å²) >= 11 is 0. The summed E-state index contributed by atoms with van der Waals surface area (Å²) in [6.45, 7) is 6.76. The molecule has 0 spiro atoms. The van der Waals surface area contributed by atoms with E-state index in [1.807, 2.05) is 27.7 Å². The first-order valence-corrected chi connectivity index (χ1v) is 8.52. The molecule has 2 rings (SSSR count). The monoisotopic (exact) mass is 362 g/mol. The lowest BCUT2D eigenvalue weighted by atomic mass is 9.69. The lowest BCUT2D eigenvalue weighted by Crippen LogP contribution is -2.68. The second-order valence-corrected chi connectivity index (χ2v) is 8.10. The molecule has 1 heterocycles. The topological polar surface area (TPSA) is 126 Å². The predicted molar refractivity (Wildman–Crippen MR) is 86.7 cm³/mol. The third kappa shape index (κ3) is 3.56. The van der Waals surface area contributed by atoms with Crippen molar-refractivity contribution in [3.63, 3.8) is 0 Å². The molecule has 2 aliphatic rings. The minimum absolute atomic E-state index is 0.0394. The van der Waals surface area contributed by atoms with Gasteiger partial charge in [0, 0.05) is 12.3 Å². The Kier molecular flexibility index (Phi) is 5.55. The van der Waals surface area contributed by atoms with E-state index in [9.17, 15) is 20.1 Å².